The van der Waals surface area contributed by atoms with Gasteiger partial charge in [0.1, 0.15) is 5.41 Å². The molecule has 0 radical (unpaired) electrons. The number of amides is 2. The fourth-order valence-corrected chi connectivity index (χ4v) is 2.93. The first-order valence-corrected chi connectivity index (χ1v) is 8.92. The molecule has 2 N–H and O–H groups in total. The third-order valence-electron chi connectivity index (χ3n) is 4.63. The topological polar surface area (TPSA) is 76.7 Å². The summed E-state index contributed by atoms with van der Waals surface area (Å²) in [4.78, 5) is 25.3. The summed E-state index contributed by atoms with van der Waals surface area (Å²) in [5.41, 5.74) is 0.456. The molecule has 7 heteroatoms. The van der Waals surface area contributed by atoms with Gasteiger partial charge >= 0.3 is 0 Å². The van der Waals surface area contributed by atoms with Gasteiger partial charge in [-0.2, -0.15) is 0 Å². The molecule has 142 valence electrons. The molecule has 2 aromatic rings. The lowest BCUT2D eigenvalue weighted by atomic mass is 10.0. The van der Waals surface area contributed by atoms with Gasteiger partial charge in [-0.05, 0) is 42.7 Å². The first kappa shape index (κ1) is 19.0. The van der Waals surface area contributed by atoms with Crippen LogP contribution in [0.4, 0.5) is 5.69 Å². The molecule has 0 spiro atoms. The van der Waals surface area contributed by atoms with Crippen molar-refractivity contribution in [2.45, 2.75) is 19.4 Å². The van der Waals surface area contributed by atoms with Crippen LogP contribution in [-0.4, -0.2) is 26.0 Å². The van der Waals surface area contributed by atoms with Crippen LogP contribution in [0.25, 0.3) is 0 Å². The summed E-state index contributed by atoms with van der Waals surface area (Å²) in [7, 11) is 3.07. The zero-order chi connectivity index (χ0) is 19.4. The molecule has 1 fully saturated rings. The van der Waals surface area contributed by atoms with E-state index in [0.29, 0.717) is 41.6 Å². The Balaban J connectivity index is 1.63. The van der Waals surface area contributed by atoms with Crippen LogP contribution >= 0.6 is 11.6 Å². The molecule has 0 atom stereocenters. The Morgan fingerprint density at radius 2 is 1.67 bits per heavy atom. The van der Waals surface area contributed by atoms with Gasteiger partial charge in [0.2, 0.25) is 11.8 Å². The largest absolute Gasteiger partial charge is 0.493 e. The normalized spacial score (nSPS) is 14.2. The van der Waals surface area contributed by atoms with E-state index in [4.69, 9.17) is 21.1 Å². The average molecular weight is 389 g/mol. The smallest absolute Gasteiger partial charge is 0.240 e. The van der Waals surface area contributed by atoms with Crippen molar-refractivity contribution in [2.75, 3.05) is 19.5 Å². The quantitative estimate of drug-likeness (QED) is 0.713. The summed E-state index contributed by atoms with van der Waals surface area (Å²) in [6.07, 6.45) is 1.05. The molecule has 1 aliphatic carbocycles. The number of hydrogen-bond donors (Lipinski definition) is 2. The van der Waals surface area contributed by atoms with Crippen molar-refractivity contribution < 1.29 is 19.1 Å². The fraction of sp³-hybridized carbons (Fsp3) is 0.300. The first-order chi connectivity index (χ1) is 13.0. The van der Waals surface area contributed by atoms with Crippen LogP contribution in [0, 0.1) is 5.41 Å². The highest BCUT2D eigenvalue weighted by atomic mass is 35.5. The second-order valence-corrected chi connectivity index (χ2v) is 6.85. The summed E-state index contributed by atoms with van der Waals surface area (Å²) in [6, 6.07) is 12.3. The van der Waals surface area contributed by atoms with Gasteiger partial charge in [-0.1, -0.05) is 23.7 Å². The van der Waals surface area contributed by atoms with Gasteiger partial charge in [0.05, 0.1) is 14.2 Å². The van der Waals surface area contributed by atoms with Gasteiger partial charge in [0, 0.05) is 23.3 Å². The summed E-state index contributed by atoms with van der Waals surface area (Å²) in [6.45, 7) is 0.349. The van der Waals surface area contributed by atoms with Crippen LogP contribution in [-0.2, 0) is 16.1 Å². The molecule has 2 amide bonds. The van der Waals surface area contributed by atoms with E-state index >= 15 is 0 Å². The minimum atomic E-state index is -1.01. The Labute approximate surface area is 162 Å². The van der Waals surface area contributed by atoms with Crippen molar-refractivity contribution >= 4 is 29.1 Å². The molecule has 0 aromatic heterocycles. The zero-order valence-electron chi connectivity index (χ0n) is 15.2. The Hall–Kier alpha value is -2.73. The highest BCUT2D eigenvalue weighted by molar-refractivity contribution is 6.30. The van der Waals surface area contributed by atoms with Gasteiger partial charge in [0.25, 0.3) is 0 Å². The van der Waals surface area contributed by atoms with Crippen molar-refractivity contribution in [3.63, 3.8) is 0 Å². The first-order valence-electron chi connectivity index (χ1n) is 8.55. The number of hydrogen-bond acceptors (Lipinski definition) is 4. The second kappa shape index (κ2) is 7.88. The van der Waals surface area contributed by atoms with Crippen LogP contribution < -0.4 is 20.1 Å². The van der Waals surface area contributed by atoms with Gasteiger partial charge in [-0.15, -0.1) is 0 Å². The third-order valence-corrected chi connectivity index (χ3v) is 4.88. The number of methoxy groups -OCH3 is 2. The molecule has 27 heavy (non-hydrogen) atoms. The Kier molecular flexibility index (Phi) is 5.56. The monoisotopic (exact) mass is 388 g/mol. The number of carbonyl (C=O) groups excluding carboxylic acids is 2. The molecule has 0 heterocycles. The third kappa shape index (κ3) is 4.17. The summed E-state index contributed by atoms with van der Waals surface area (Å²) < 4.78 is 10.4. The molecule has 0 aliphatic heterocycles. The van der Waals surface area contributed by atoms with Gasteiger partial charge in [-0.3, -0.25) is 9.59 Å². The van der Waals surface area contributed by atoms with E-state index in [1.54, 1.807) is 37.4 Å². The number of benzene rings is 2. The van der Waals surface area contributed by atoms with Gasteiger partial charge < -0.3 is 20.1 Å². The Morgan fingerprint density at radius 3 is 2.26 bits per heavy atom. The van der Waals surface area contributed by atoms with E-state index in [0.717, 1.165) is 5.56 Å². The lowest BCUT2D eigenvalue weighted by Crippen LogP contribution is -2.39. The average Bonchev–Trinajstić information content (AvgIpc) is 3.49. The predicted octanol–water partition coefficient (Wildman–Crippen LogP) is 3.39. The van der Waals surface area contributed by atoms with Crippen molar-refractivity contribution in [1.29, 1.82) is 0 Å². The predicted molar refractivity (Wildman–Crippen MR) is 103 cm³/mol. The Bertz CT molecular complexity index is 848. The molecule has 3 rings (SSSR count). The molecule has 0 saturated heterocycles. The molecule has 6 nitrogen and oxygen atoms in total. The van der Waals surface area contributed by atoms with Crippen molar-refractivity contribution in [3.8, 4) is 11.5 Å². The van der Waals surface area contributed by atoms with E-state index < -0.39 is 5.41 Å². The zero-order valence-corrected chi connectivity index (χ0v) is 15.9. The molecule has 1 saturated carbocycles. The number of nitrogens with one attached hydrogen (secondary N) is 2. The summed E-state index contributed by atoms with van der Waals surface area (Å²) >= 11 is 5.86. The van der Waals surface area contributed by atoms with Crippen LogP contribution in [0.1, 0.15) is 18.4 Å². The fourth-order valence-electron chi connectivity index (χ4n) is 2.80. The van der Waals surface area contributed by atoms with Crippen LogP contribution in [0.5, 0.6) is 11.5 Å². The van der Waals surface area contributed by atoms with Crippen molar-refractivity contribution in [2.24, 2.45) is 5.41 Å². The molecule has 0 bridgehead atoms. The number of ether oxygens (including phenoxy) is 2. The maximum Gasteiger partial charge on any atom is 0.240 e. The van der Waals surface area contributed by atoms with E-state index in [1.807, 2.05) is 12.1 Å². The van der Waals surface area contributed by atoms with Crippen LogP contribution in [0.15, 0.2) is 42.5 Å². The minimum Gasteiger partial charge on any atom is -0.493 e. The number of anilines is 1. The van der Waals surface area contributed by atoms with Crippen molar-refractivity contribution in [3.05, 3.63) is 53.1 Å². The lowest BCUT2D eigenvalue weighted by molar-refractivity contribution is -0.134. The van der Waals surface area contributed by atoms with E-state index in [1.165, 1.54) is 7.11 Å². The van der Waals surface area contributed by atoms with E-state index in [9.17, 15) is 9.59 Å². The van der Waals surface area contributed by atoms with E-state index in [2.05, 4.69) is 10.6 Å². The molecule has 2 aromatic carbocycles. The summed E-state index contributed by atoms with van der Waals surface area (Å²) in [5, 5.41) is 6.28. The highest BCUT2D eigenvalue weighted by Gasteiger charge is 2.56. The SMILES string of the molecule is COc1ccc(NC(=O)C2(C(=O)NCc3ccc(Cl)cc3)CC2)cc1OC. The van der Waals surface area contributed by atoms with Gasteiger partial charge in [-0.25, -0.2) is 0 Å². The molecule has 1 aliphatic rings. The van der Waals surface area contributed by atoms with Crippen LogP contribution in [0.3, 0.4) is 0 Å². The molecule has 0 unspecified atom stereocenters. The maximum absolute atomic E-state index is 12.7. The van der Waals surface area contributed by atoms with Crippen molar-refractivity contribution in [1.82, 2.24) is 5.32 Å². The standard InChI is InChI=1S/C20H21ClN2O4/c1-26-16-8-7-15(11-17(16)27-2)23-19(25)20(9-10-20)18(24)22-12-13-3-5-14(21)6-4-13/h3-8,11H,9-10,12H2,1-2H3,(H,22,24)(H,23,25). The molecular weight excluding hydrogens is 368 g/mol. The van der Waals surface area contributed by atoms with E-state index in [-0.39, 0.29) is 11.8 Å². The number of rotatable bonds is 7. The Morgan fingerprint density at radius 1 is 1.00 bits per heavy atom. The molecular formula is C20H21ClN2O4. The van der Waals surface area contributed by atoms with Gasteiger partial charge in [0.15, 0.2) is 11.5 Å². The second-order valence-electron chi connectivity index (χ2n) is 6.42. The lowest BCUT2D eigenvalue weighted by Gasteiger charge is -2.16. The number of carbonyl (C=O) groups is 2. The van der Waals surface area contributed by atoms with Crippen LogP contribution in [0.2, 0.25) is 5.02 Å². The number of halogens is 1. The highest BCUT2D eigenvalue weighted by Crippen LogP contribution is 2.47. The maximum atomic E-state index is 12.7. The summed E-state index contributed by atoms with van der Waals surface area (Å²) in [5.74, 6) is 0.489. The minimum absolute atomic E-state index is 0.268.